The maximum Gasteiger partial charge on any atom is 0.318 e. The summed E-state index contributed by atoms with van der Waals surface area (Å²) in [6.45, 7) is 5.39. The number of fused-ring (bicyclic) bond motifs is 1. The minimum absolute atomic E-state index is 0.0591. The molecule has 0 bridgehead atoms. The second kappa shape index (κ2) is 8.49. The number of hydrogen-bond acceptors (Lipinski definition) is 4. The molecule has 3 aromatic rings. The molecule has 1 aromatic heterocycles. The predicted molar refractivity (Wildman–Crippen MR) is 117 cm³/mol. The van der Waals surface area contributed by atoms with E-state index in [0.717, 1.165) is 29.7 Å². The first kappa shape index (κ1) is 19.2. The number of benzene rings is 2. The SMILES string of the molecule is Cc1ccncc1N1CCN(C(=O)NC(CN)c2ccc3ccccc3c2)CC1. The summed E-state index contributed by atoms with van der Waals surface area (Å²) in [5, 5.41) is 5.45. The molecule has 1 unspecified atom stereocenters. The molecule has 29 heavy (non-hydrogen) atoms. The Bertz CT molecular complexity index is 997. The Hall–Kier alpha value is -3.12. The van der Waals surface area contributed by atoms with Crippen molar-refractivity contribution in [2.45, 2.75) is 13.0 Å². The average molecular weight is 390 g/mol. The lowest BCUT2D eigenvalue weighted by Crippen LogP contribution is -2.53. The van der Waals surface area contributed by atoms with Gasteiger partial charge in [0, 0.05) is 38.9 Å². The van der Waals surface area contributed by atoms with Crippen LogP contribution < -0.4 is 16.0 Å². The quantitative estimate of drug-likeness (QED) is 0.719. The predicted octanol–water partition coefficient (Wildman–Crippen LogP) is 3.07. The molecule has 150 valence electrons. The molecule has 1 saturated heterocycles. The van der Waals surface area contributed by atoms with Crippen LogP contribution in [-0.2, 0) is 0 Å². The molecule has 0 saturated carbocycles. The van der Waals surface area contributed by atoms with E-state index < -0.39 is 0 Å². The average Bonchev–Trinajstić information content (AvgIpc) is 2.77. The van der Waals surface area contributed by atoms with Crippen LogP contribution in [0.4, 0.5) is 10.5 Å². The van der Waals surface area contributed by atoms with Crippen molar-refractivity contribution in [1.29, 1.82) is 0 Å². The van der Waals surface area contributed by atoms with Gasteiger partial charge < -0.3 is 20.9 Å². The van der Waals surface area contributed by atoms with E-state index in [1.54, 1.807) is 0 Å². The van der Waals surface area contributed by atoms with Crippen LogP contribution in [0.15, 0.2) is 60.9 Å². The fourth-order valence-electron chi connectivity index (χ4n) is 3.88. The molecule has 1 aliphatic heterocycles. The Kier molecular flexibility index (Phi) is 5.62. The molecule has 3 N–H and O–H groups in total. The number of nitrogens with two attached hydrogens (primary N) is 1. The number of nitrogens with zero attached hydrogens (tertiary/aromatic N) is 3. The van der Waals surface area contributed by atoms with Gasteiger partial charge >= 0.3 is 6.03 Å². The highest BCUT2D eigenvalue weighted by atomic mass is 16.2. The summed E-state index contributed by atoms with van der Waals surface area (Å²) in [6, 6.07) is 16.2. The van der Waals surface area contributed by atoms with Crippen molar-refractivity contribution in [3.63, 3.8) is 0 Å². The number of rotatable bonds is 4. The minimum atomic E-state index is -0.203. The van der Waals surface area contributed by atoms with E-state index in [0.29, 0.717) is 19.6 Å². The third kappa shape index (κ3) is 4.17. The smallest absolute Gasteiger partial charge is 0.318 e. The first-order chi connectivity index (χ1) is 14.2. The van der Waals surface area contributed by atoms with Crippen molar-refractivity contribution < 1.29 is 4.79 Å². The Morgan fingerprint density at radius 2 is 1.86 bits per heavy atom. The molecule has 2 aromatic carbocycles. The maximum atomic E-state index is 12.8. The zero-order valence-electron chi connectivity index (χ0n) is 16.7. The van der Waals surface area contributed by atoms with E-state index in [4.69, 9.17) is 5.73 Å². The van der Waals surface area contributed by atoms with Gasteiger partial charge in [-0.3, -0.25) is 4.98 Å². The van der Waals surface area contributed by atoms with Crippen molar-refractivity contribution in [3.05, 3.63) is 72.1 Å². The van der Waals surface area contributed by atoms with Crippen LogP contribution in [0, 0.1) is 6.92 Å². The number of piperazine rings is 1. The fraction of sp³-hybridized carbons (Fsp3) is 0.304. The largest absolute Gasteiger partial charge is 0.367 e. The van der Waals surface area contributed by atoms with Gasteiger partial charge in [0.25, 0.3) is 0 Å². The zero-order valence-corrected chi connectivity index (χ0v) is 16.7. The summed E-state index contributed by atoms with van der Waals surface area (Å²) in [5.41, 5.74) is 9.37. The van der Waals surface area contributed by atoms with E-state index in [1.165, 1.54) is 10.9 Å². The number of urea groups is 1. The number of nitrogens with one attached hydrogen (secondary N) is 1. The van der Waals surface area contributed by atoms with Crippen LogP contribution in [-0.4, -0.2) is 48.6 Å². The molecule has 6 heteroatoms. The van der Waals surface area contributed by atoms with E-state index in [1.807, 2.05) is 41.6 Å². The number of amides is 2. The summed E-state index contributed by atoms with van der Waals surface area (Å²) in [6.07, 6.45) is 3.71. The first-order valence-corrected chi connectivity index (χ1v) is 10.1. The van der Waals surface area contributed by atoms with Crippen molar-refractivity contribution in [2.75, 3.05) is 37.6 Å². The number of aryl methyl sites for hydroxylation is 1. The highest BCUT2D eigenvalue weighted by Crippen LogP contribution is 2.22. The molecular weight excluding hydrogens is 362 g/mol. The summed E-state index contributed by atoms with van der Waals surface area (Å²) in [4.78, 5) is 21.2. The fourth-order valence-corrected chi connectivity index (χ4v) is 3.88. The lowest BCUT2D eigenvalue weighted by Gasteiger charge is -2.37. The summed E-state index contributed by atoms with van der Waals surface area (Å²) in [7, 11) is 0. The molecule has 0 spiro atoms. The van der Waals surface area contributed by atoms with Crippen molar-refractivity contribution >= 4 is 22.5 Å². The number of carbonyl (C=O) groups excluding carboxylic acids is 1. The summed E-state index contributed by atoms with van der Waals surface area (Å²) >= 11 is 0. The monoisotopic (exact) mass is 389 g/mol. The van der Waals surface area contributed by atoms with Gasteiger partial charge in [-0.05, 0) is 41.0 Å². The van der Waals surface area contributed by atoms with Crippen LogP contribution >= 0.6 is 0 Å². The first-order valence-electron chi connectivity index (χ1n) is 10.1. The van der Waals surface area contributed by atoms with Gasteiger partial charge in [-0.25, -0.2) is 4.79 Å². The van der Waals surface area contributed by atoms with Crippen LogP contribution in [0.25, 0.3) is 10.8 Å². The third-order valence-electron chi connectivity index (χ3n) is 5.63. The van der Waals surface area contributed by atoms with Gasteiger partial charge in [0.05, 0.1) is 17.9 Å². The number of pyridine rings is 1. The molecule has 0 radical (unpaired) electrons. The van der Waals surface area contributed by atoms with Gasteiger partial charge in [-0.1, -0.05) is 36.4 Å². The standard InChI is InChI=1S/C23H27N5O/c1-17-8-9-25-16-22(17)27-10-12-28(13-11-27)23(29)26-21(15-24)20-7-6-18-4-2-3-5-19(18)14-20/h2-9,14,16,21H,10-13,15,24H2,1H3,(H,26,29). The summed E-state index contributed by atoms with van der Waals surface area (Å²) in [5.74, 6) is 0. The highest BCUT2D eigenvalue weighted by Gasteiger charge is 2.24. The van der Waals surface area contributed by atoms with Gasteiger partial charge in [0.1, 0.15) is 0 Å². The molecular formula is C23H27N5O. The van der Waals surface area contributed by atoms with Gasteiger partial charge in [-0.15, -0.1) is 0 Å². The molecule has 1 fully saturated rings. The number of anilines is 1. The highest BCUT2D eigenvalue weighted by molar-refractivity contribution is 5.83. The van der Waals surface area contributed by atoms with Crippen LogP contribution in [0.5, 0.6) is 0 Å². The molecule has 1 atom stereocenters. The Balaban J connectivity index is 1.40. The van der Waals surface area contributed by atoms with Gasteiger partial charge in [-0.2, -0.15) is 0 Å². The van der Waals surface area contributed by atoms with Gasteiger partial charge in [0.15, 0.2) is 0 Å². The second-order valence-corrected chi connectivity index (χ2v) is 7.48. The van der Waals surface area contributed by atoms with E-state index in [-0.39, 0.29) is 12.1 Å². The number of aromatic nitrogens is 1. The van der Waals surface area contributed by atoms with Crippen LogP contribution in [0.1, 0.15) is 17.2 Å². The zero-order chi connectivity index (χ0) is 20.2. The molecule has 2 amide bonds. The van der Waals surface area contributed by atoms with E-state index in [9.17, 15) is 4.79 Å². The Morgan fingerprint density at radius 3 is 2.59 bits per heavy atom. The molecule has 0 aliphatic carbocycles. The van der Waals surface area contributed by atoms with E-state index >= 15 is 0 Å². The van der Waals surface area contributed by atoms with Gasteiger partial charge in [0.2, 0.25) is 0 Å². The second-order valence-electron chi connectivity index (χ2n) is 7.48. The van der Waals surface area contributed by atoms with Crippen LogP contribution in [0.2, 0.25) is 0 Å². The normalized spacial score (nSPS) is 15.4. The number of carbonyl (C=O) groups is 1. The summed E-state index contributed by atoms with van der Waals surface area (Å²) < 4.78 is 0. The minimum Gasteiger partial charge on any atom is -0.367 e. The molecule has 2 heterocycles. The molecule has 6 nitrogen and oxygen atoms in total. The van der Waals surface area contributed by atoms with Crippen molar-refractivity contribution in [1.82, 2.24) is 15.2 Å². The van der Waals surface area contributed by atoms with E-state index in [2.05, 4.69) is 46.4 Å². The van der Waals surface area contributed by atoms with Crippen molar-refractivity contribution in [3.8, 4) is 0 Å². The molecule has 4 rings (SSSR count). The topological polar surface area (TPSA) is 74.5 Å². The lowest BCUT2D eigenvalue weighted by molar-refractivity contribution is 0.190. The van der Waals surface area contributed by atoms with Crippen LogP contribution in [0.3, 0.4) is 0 Å². The third-order valence-corrected chi connectivity index (χ3v) is 5.63. The number of hydrogen-bond donors (Lipinski definition) is 2. The lowest BCUT2D eigenvalue weighted by atomic mass is 10.0. The molecule has 1 aliphatic rings. The Morgan fingerprint density at radius 1 is 1.10 bits per heavy atom. The Labute approximate surface area is 171 Å². The maximum absolute atomic E-state index is 12.8. The van der Waals surface area contributed by atoms with Crippen molar-refractivity contribution in [2.24, 2.45) is 5.73 Å².